The molecule has 1 unspecified atom stereocenters. The quantitative estimate of drug-likeness (QED) is 0.775. The predicted octanol–water partition coefficient (Wildman–Crippen LogP) is 1.06. The molecular formula is C13H20N4O2. The minimum absolute atomic E-state index is 0.0897. The molecule has 1 atom stereocenters. The highest BCUT2D eigenvalue weighted by Crippen LogP contribution is 2.14. The molecule has 1 saturated heterocycles. The number of methoxy groups -OCH3 is 1. The second-order valence-corrected chi connectivity index (χ2v) is 4.68. The van der Waals surface area contributed by atoms with Crippen LogP contribution in [0.1, 0.15) is 29.9 Å². The monoisotopic (exact) mass is 264 g/mol. The zero-order valence-corrected chi connectivity index (χ0v) is 11.2. The van der Waals surface area contributed by atoms with Gasteiger partial charge in [-0.15, -0.1) is 0 Å². The lowest BCUT2D eigenvalue weighted by atomic mass is 9.96. The number of aromatic nitrogens is 2. The normalized spacial score (nSPS) is 18.9. The smallest absolute Gasteiger partial charge is 0.376 e. The van der Waals surface area contributed by atoms with Crippen LogP contribution >= 0.6 is 0 Å². The van der Waals surface area contributed by atoms with Gasteiger partial charge in [-0.05, 0) is 44.3 Å². The Hall–Kier alpha value is -1.69. The molecule has 2 N–H and O–H groups in total. The van der Waals surface area contributed by atoms with Crippen molar-refractivity contribution >= 4 is 11.8 Å². The van der Waals surface area contributed by atoms with Gasteiger partial charge in [-0.2, -0.15) is 0 Å². The lowest BCUT2D eigenvalue weighted by Crippen LogP contribution is -2.30. The maximum Gasteiger partial charge on any atom is 0.376 e. The predicted molar refractivity (Wildman–Crippen MR) is 72.1 cm³/mol. The number of nitrogens with one attached hydrogen (secondary N) is 2. The summed E-state index contributed by atoms with van der Waals surface area (Å²) in [4.78, 5) is 19.3. The Morgan fingerprint density at radius 2 is 2.53 bits per heavy atom. The summed E-state index contributed by atoms with van der Waals surface area (Å²) in [5.74, 6) is 0.967. The van der Waals surface area contributed by atoms with E-state index in [1.165, 1.54) is 20.0 Å². The van der Waals surface area contributed by atoms with Crippen LogP contribution in [0.15, 0.2) is 12.3 Å². The van der Waals surface area contributed by atoms with Crippen LogP contribution in [0.4, 0.5) is 5.82 Å². The van der Waals surface area contributed by atoms with Crippen molar-refractivity contribution in [1.82, 2.24) is 15.3 Å². The summed E-state index contributed by atoms with van der Waals surface area (Å²) >= 11 is 0. The summed E-state index contributed by atoms with van der Waals surface area (Å²) < 4.78 is 4.59. The van der Waals surface area contributed by atoms with Crippen molar-refractivity contribution in [3.8, 4) is 0 Å². The zero-order chi connectivity index (χ0) is 13.5. The number of anilines is 1. The molecule has 0 aromatic carbocycles. The molecule has 0 spiro atoms. The van der Waals surface area contributed by atoms with Crippen molar-refractivity contribution in [3.63, 3.8) is 0 Å². The van der Waals surface area contributed by atoms with Gasteiger partial charge >= 0.3 is 5.97 Å². The summed E-state index contributed by atoms with van der Waals surface area (Å²) in [7, 11) is 1.32. The fraction of sp³-hybridized carbons (Fsp3) is 0.615. The number of hydrogen-bond donors (Lipinski definition) is 2. The number of hydrogen-bond acceptors (Lipinski definition) is 6. The molecule has 0 bridgehead atoms. The van der Waals surface area contributed by atoms with E-state index in [2.05, 4.69) is 25.3 Å². The Morgan fingerprint density at radius 3 is 3.26 bits per heavy atom. The lowest BCUT2D eigenvalue weighted by Gasteiger charge is -2.22. The van der Waals surface area contributed by atoms with Gasteiger partial charge in [0.2, 0.25) is 5.82 Å². The van der Waals surface area contributed by atoms with Crippen LogP contribution in [0, 0.1) is 5.92 Å². The summed E-state index contributed by atoms with van der Waals surface area (Å²) in [5.41, 5.74) is 0. The number of rotatable bonds is 5. The second kappa shape index (κ2) is 7.04. The molecule has 1 fully saturated rings. The average Bonchev–Trinajstić information content (AvgIpc) is 2.48. The van der Waals surface area contributed by atoms with E-state index in [9.17, 15) is 4.79 Å². The topological polar surface area (TPSA) is 76.1 Å². The number of nitrogens with zero attached hydrogens (tertiary/aromatic N) is 2. The van der Waals surface area contributed by atoms with Gasteiger partial charge in [0.1, 0.15) is 5.82 Å². The molecule has 2 heterocycles. The number of carbonyl (C=O) groups is 1. The van der Waals surface area contributed by atoms with Crippen LogP contribution in [0.5, 0.6) is 0 Å². The molecule has 0 amide bonds. The van der Waals surface area contributed by atoms with Gasteiger partial charge in [-0.25, -0.2) is 14.8 Å². The highest BCUT2D eigenvalue weighted by Gasteiger charge is 2.13. The SMILES string of the molecule is COC(=O)c1nccc(NCCC2CCCNC2)n1. The maximum atomic E-state index is 11.3. The molecule has 0 saturated carbocycles. The van der Waals surface area contributed by atoms with Gasteiger partial charge in [0.25, 0.3) is 0 Å². The molecule has 1 aliphatic rings. The molecule has 19 heavy (non-hydrogen) atoms. The molecule has 0 aliphatic carbocycles. The van der Waals surface area contributed by atoms with E-state index in [0.29, 0.717) is 5.82 Å². The number of esters is 1. The average molecular weight is 264 g/mol. The van der Waals surface area contributed by atoms with E-state index in [0.717, 1.165) is 32.0 Å². The van der Waals surface area contributed by atoms with Crippen molar-refractivity contribution < 1.29 is 9.53 Å². The summed E-state index contributed by atoms with van der Waals surface area (Å²) in [6.45, 7) is 3.08. The molecule has 1 aliphatic heterocycles. The molecule has 1 aromatic rings. The summed E-state index contributed by atoms with van der Waals surface area (Å²) in [6, 6.07) is 1.76. The Kier molecular flexibility index (Phi) is 5.09. The van der Waals surface area contributed by atoms with Gasteiger partial charge in [0, 0.05) is 12.7 Å². The Balaban J connectivity index is 1.80. The van der Waals surface area contributed by atoms with E-state index in [1.807, 2.05) is 0 Å². The van der Waals surface area contributed by atoms with Crippen LogP contribution in [0.2, 0.25) is 0 Å². The first kappa shape index (κ1) is 13.7. The first-order chi connectivity index (χ1) is 9.29. The molecule has 2 rings (SSSR count). The van der Waals surface area contributed by atoms with Crippen molar-refractivity contribution in [3.05, 3.63) is 18.1 Å². The van der Waals surface area contributed by atoms with Crippen molar-refractivity contribution in [2.45, 2.75) is 19.3 Å². The van der Waals surface area contributed by atoms with E-state index in [-0.39, 0.29) is 5.82 Å². The van der Waals surface area contributed by atoms with Crippen LogP contribution < -0.4 is 10.6 Å². The third-order valence-corrected chi connectivity index (χ3v) is 3.28. The van der Waals surface area contributed by atoms with E-state index < -0.39 is 5.97 Å². The van der Waals surface area contributed by atoms with Crippen molar-refractivity contribution in [1.29, 1.82) is 0 Å². The fourth-order valence-electron chi connectivity index (χ4n) is 2.22. The standard InChI is InChI=1S/C13H20N4O2/c1-19-13(18)12-16-8-5-11(17-12)15-7-4-10-3-2-6-14-9-10/h5,8,10,14H,2-4,6-7,9H2,1H3,(H,15,16,17). The minimum atomic E-state index is -0.514. The maximum absolute atomic E-state index is 11.3. The molecule has 1 aromatic heterocycles. The van der Waals surface area contributed by atoms with Crippen molar-refractivity contribution in [2.75, 3.05) is 32.1 Å². The van der Waals surface area contributed by atoms with E-state index in [1.54, 1.807) is 12.3 Å². The fourth-order valence-corrected chi connectivity index (χ4v) is 2.22. The molecule has 104 valence electrons. The molecule has 0 radical (unpaired) electrons. The second-order valence-electron chi connectivity index (χ2n) is 4.68. The largest absolute Gasteiger partial charge is 0.463 e. The minimum Gasteiger partial charge on any atom is -0.463 e. The molecule has 6 heteroatoms. The van der Waals surface area contributed by atoms with Crippen LogP contribution in [-0.4, -0.2) is 42.7 Å². The van der Waals surface area contributed by atoms with Gasteiger partial charge in [0.05, 0.1) is 7.11 Å². The van der Waals surface area contributed by atoms with Gasteiger partial charge < -0.3 is 15.4 Å². The van der Waals surface area contributed by atoms with Crippen molar-refractivity contribution in [2.24, 2.45) is 5.92 Å². The first-order valence-corrected chi connectivity index (χ1v) is 6.65. The molecule has 6 nitrogen and oxygen atoms in total. The number of carbonyl (C=O) groups excluding carboxylic acids is 1. The lowest BCUT2D eigenvalue weighted by molar-refractivity contribution is 0.0587. The Labute approximate surface area is 113 Å². The first-order valence-electron chi connectivity index (χ1n) is 6.65. The van der Waals surface area contributed by atoms with Crippen LogP contribution in [0.25, 0.3) is 0 Å². The van der Waals surface area contributed by atoms with Gasteiger partial charge in [-0.3, -0.25) is 0 Å². The number of ether oxygens (including phenoxy) is 1. The third-order valence-electron chi connectivity index (χ3n) is 3.28. The van der Waals surface area contributed by atoms with Crippen LogP contribution in [0.3, 0.4) is 0 Å². The van der Waals surface area contributed by atoms with Gasteiger partial charge in [0.15, 0.2) is 0 Å². The zero-order valence-electron chi connectivity index (χ0n) is 11.2. The van der Waals surface area contributed by atoms with Crippen LogP contribution in [-0.2, 0) is 4.74 Å². The van der Waals surface area contributed by atoms with E-state index in [4.69, 9.17) is 0 Å². The highest BCUT2D eigenvalue weighted by atomic mass is 16.5. The summed E-state index contributed by atoms with van der Waals surface area (Å²) in [5, 5.41) is 6.63. The van der Waals surface area contributed by atoms with E-state index >= 15 is 0 Å². The molecular weight excluding hydrogens is 244 g/mol. The summed E-state index contributed by atoms with van der Waals surface area (Å²) in [6.07, 6.45) is 5.20. The highest BCUT2D eigenvalue weighted by molar-refractivity contribution is 5.85. The third kappa shape index (κ3) is 4.17. The Morgan fingerprint density at radius 1 is 1.63 bits per heavy atom. The Bertz CT molecular complexity index is 419. The number of piperidine rings is 1. The van der Waals surface area contributed by atoms with Gasteiger partial charge in [-0.1, -0.05) is 0 Å².